The summed E-state index contributed by atoms with van der Waals surface area (Å²) in [5.74, 6) is 1.70. The fourth-order valence-corrected chi connectivity index (χ4v) is 1.89. The van der Waals surface area contributed by atoms with Crippen LogP contribution < -0.4 is 14.8 Å². The van der Waals surface area contributed by atoms with E-state index in [9.17, 15) is 0 Å². The van der Waals surface area contributed by atoms with Crippen molar-refractivity contribution < 1.29 is 18.9 Å². The number of hydrogen-bond acceptors (Lipinski definition) is 5. The summed E-state index contributed by atoms with van der Waals surface area (Å²) in [4.78, 5) is 0. The van der Waals surface area contributed by atoms with Crippen molar-refractivity contribution >= 4 is 0 Å². The molecule has 0 spiro atoms. The molecular weight excluding hydrogens is 246 g/mol. The summed E-state index contributed by atoms with van der Waals surface area (Å²) in [6.45, 7) is 4.73. The van der Waals surface area contributed by atoms with E-state index in [-0.39, 0.29) is 0 Å². The standard InChI is InChI=1S/C14H21NO4/c1-16-7-8-17-6-5-15-11-12-3-2-4-13-14(12)19-10-9-18-13/h2-4,15H,5-11H2,1H3. The van der Waals surface area contributed by atoms with E-state index in [0.29, 0.717) is 33.0 Å². The van der Waals surface area contributed by atoms with Gasteiger partial charge in [-0.3, -0.25) is 0 Å². The average Bonchev–Trinajstić information content (AvgIpc) is 2.46. The van der Waals surface area contributed by atoms with E-state index in [1.807, 2.05) is 18.2 Å². The van der Waals surface area contributed by atoms with Gasteiger partial charge in [-0.2, -0.15) is 0 Å². The zero-order chi connectivity index (χ0) is 13.3. The Hall–Kier alpha value is -1.30. The summed E-state index contributed by atoms with van der Waals surface area (Å²) in [5, 5.41) is 3.33. The van der Waals surface area contributed by atoms with Gasteiger partial charge >= 0.3 is 0 Å². The monoisotopic (exact) mass is 267 g/mol. The van der Waals surface area contributed by atoms with Gasteiger partial charge in [-0.25, -0.2) is 0 Å². The molecule has 0 bridgehead atoms. The van der Waals surface area contributed by atoms with Crippen LogP contribution in [0.25, 0.3) is 0 Å². The Kier molecular flexibility index (Phi) is 5.94. The highest BCUT2D eigenvalue weighted by Gasteiger charge is 2.14. The van der Waals surface area contributed by atoms with Crippen molar-refractivity contribution in [2.24, 2.45) is 0 Å². The van der Waals surface area contributed by atoms with Crippen LogP contribution >= 0.6 is 0 Å². The van der Waals surface area contributed by atoms with Gasteiger partial charge in [0.05, 0.1) is 19.8 Å². The highest BCUT2D eigenvalue weighted by Crippen LogP contribution is 2.33. The molecule has 5 nitrogen and oxygen atoms in total. The lowest BCUT2D eigenvalue weighted by Gasteiger charge is -2.21. The Bertz CT molecular complexity index is 384. The van der Waals surface area contributed by atoms with Crippen molar-refractivity contribution in [3.8, 4) is 11.5 Å². The number of ether oxygens (including phenoxy) is 4. The molecule has 1 N–H and O–H groups in total. The van der Waals surface area contributed by atoms with Crippen LogP contribution in [-0.4, -0.2) is 46.7 Å². The van der Waals surface area contributed by atoms with Crippen LogP contribution in [0.15, 0.2) is 18.2 Å². The van der Waals surface area contributed by atoms with Crippen LogP contribution in [0.3, 0.4) is 0 Å². The summed E-state index contributed by atoms with van der Waals surface area (Å²) in [5.41, 5.74) is 1.12. The molecule has 1 aromatic carbocycles. The third-order valence-electron chi connectivity index (χ3n) is 2.82. The Labute approximate surface area is 113 Å². The zero-order valence-electron chi connectivity index (χ0n) is 11.3. The smallest absolute Gasteiger partial charge is 0.165 e. The largest absolute Gasteiger partial charge is 0.486 e. The maximum absolute atomic E-state index is 5.65. The van der Waals surface area contributed by atoms with Gasteiger partial charge in [0.15, 0.2) is 11.5 Å². The second kappa shape index (κ2) is 7.99. The van der Waals surface area contributed by atoms with Crippen molar-refractivity contribution in [3.05, 3.63) is 23.8 Å². The maximum atomic E-state index is 5.65. The zero-order valence-corrected chi connectivity index (χ0v) is 11.3. The highest BCUT2D eigenvalue weighted by molar-refractivity contribution is 5.47. The van der Waals surface area contributed by atoms with E-state index in [2.05, 4.69) is 5.32 Å². The quantitative estimate of drug-likeness (QED) is 0.717. The predicted molar refractivity (Wildman–Crippen MR) is 71.8 cm³/mol. The summed E-state index contributed by atoms with van der Waals surface area (Å²) < 4.78 is 21.5. The summed E-state index contributed by atoms with van der Waals surface area (Å²) in [7, 11) is 1.67. The number of nitrogens with one attached hydrogen (secondary N) is 1. The van der Waals surface area contributed by atoms with E-state index in [0.717, 1.165) is 30.2 Å². The van der Waals surface area contributed by atoms with Gasteiger partial charge in [-0.1, -0.05) is 12.1 Å². The SMILES string of the molecule is COCCOCCNCc1cccc2c1OCCO2. The summed E-state index contributed by atoms with van der Waals surface area (Å²) in [6.07, 6.45) is 0. The number of rotatable bonds is 8. The Morgan fingerprint density at radius 2 is 2.05 bits per heavy atom. The van der Waals surface area contributed by atoms with Crippen LogP contribution in [-0.2, 0) is 16.0 Å². The van der Waals surface area contributed by atoms with E-state index in [4.69, 9.17) is 18.9 Å². The second-order valence-corrected chi connectivity index (χ2v) is 4.22. The molecule has 0 radical (unpaired) electrons. The third kappa shape index (κ3) is 4.38. The lowest BCUT2D eigenvalue weighted by molar-refractivity contribution is 0.0718. The molecule has 0 saturated heterocycles. The highest BCUT2D eigenvalue weighted by atomic mass is 16.6. The minimum atomic E-state index is 0.615. The fraction of sp³-hybridized carbons (Fsp3) is 0.571. The van der Waals surface area contributed by atoms with Crippen LogP contribution in [0.4, 0.5) is 0 Å². The number of methoxy groups -OCH3 is 1. The van der Waals surface area contributed by atoms with Crippen LogP contribution in [0.5, 0.6) is 11.5 Å². The lowest BCUT2D eigenvalue weighted by atomic mass is 10.1. The first kappa shape index (κ1) is 14.1. The molecule has 0 saturated carbocycles. The maximum Gasteiger partial charge on any atom is 0.165 e. The fourth-order valence-electron chi connectivity index (χ4n) is 1.89. The van der Waals surface area contributed by atoms with Crippen LogP contribution in [0.1, 0.15) is 5.56 Å². The van der Waals surface area contributed by atoms with Gasteiger partial charge in [0.1, 0.15) is 13.2 Å². The first-order valence-corrected chi connectivity index (χ1v) is 6.56. The molecule has 2 rings (SSSR count). The first-order valence-electron chi connectivity index (χ1n) is 6.56. The Balaban J connectivity index is 1.71. The van der Waals surface area contributed by atoms with Crippen molar-refractivity contribution in [3.63, 3.8) is 0 Å². The van der Waals surface area contributed by atoms with E-state index < -0.39 is 0 Å². The van der Waals surface area contributed by atoms with Crippen molar-refractivity contribution in [2.75, 3.05) is 46.7 Å². The predicted octanol–water partition coefficient (Wildman–Crippen LogP) is 1.21. The van der Waals surface area contributed by atoms with Crippen molar-refractivity contribution in [1.29, 1.82) is 0 Å². The lowest BCUT2D eigenvalue weighted by Crippen LogP contribution is -2.22. The third-order valence-corrected chi connectivity index (χ3v) is 2.82. The van der Waals surface area contributed by atoms with E-state index in [1.165, 1.54) is 0 Å². The Morgan fingerprint density at radius 3 is 2.95 bits per heavy atom. The second-order valence-electron chi connectivity index (χ2n) is 4.22. The van der Waals surface area contributed by atoms with E-state index >= 15 is 0 Å². The van der Waals surface area contributed by atoms with Gasteiger partial charge in [-0.05, 0) is 6.07 Å². The minimum Gasteiger partial charge on any atom is -0.486 e. The van der Waals surface area contributed by atoms with Gasteiger partial charge < -0.3 is 24.3 Å². The molecule has 1 aromatic rings. The molecule has 0 aliphatic carbocycles. The normalized spacial score (nSPS) is 13.5. The van der Waals surface area contributed by atoms with Crippen LogP contribution in [0, 0.1) is 0 Å². The molecular formula is C14H21NO4. The van der Waals surface area contributed by atoms with Gasteiger partial charge in [-0.15, -0.1) is 0 Å². The van der Waals surface area contributed by atoms with Gasteiger partial charge in [0.25, 0.3) is 0 Å². The average molecular weight is 267 g/mol. The molecule has 0 atom stereocenters. The topological polar surface area (TPSA) is 49.0 Å². The first-order chi connectivity index (χ1) is 9.42. The molecule has 0 aromatic heterocycles. The molecule has 0 fully saturated rings. The molecule has 0 unspecified atom stereocenters. The number of fused-ring (bicyclic) bond motifs is 1. The van der Waals surface area contributed by atoms with E-state index in [1.54, 1.807) is 7.11 Å². The molecule has 1 heterocycles. The summed E-state index contributed by atoms with van der Waals surface area (Å²) >= 11 is 0. The van der Waals surface area contributed by atoms with Crippen LogP contribution in [0.2, 0.25) is 0 Å². The summed E-state index contributed by atoms with van der Waals surface area (Å²) in [6, 6.07) is 5.97. The number of para-hydroxylation sites is 1. The molecule has 0 amide bonds. The molecule has 106 valence electrons. The Morgan fingerprint density at radius 1 is 1.16 bits per heavy atom. The van der Waals surface area contributed by atoms with Gasteiger partial charge in [0, 0.05) is 25.8 Å². The molecule has 19 heavy (non-hydrogen) atoms. The van der Waals surface area contributed by atoms with Crippen molar-refractivity contribution in [1.82, 2.24) is 5.32 Å². The minimum absolute atomic E-state index is 0.615. The molecule has 1 aliphatic heterocycles. The number of hydrogen-bond donors (Lipinski definition) is 1. The molecule has 5 heteroatoms. The number of benzene rings is 1. The van der Waals surface area contributed by atoms with Gasteiger partial charge in [0.2, 0.25) is 0 Å². The van der Waals surface area contributed by atoms with Crippen molar-refractivity contribution in [2.45, 2.75) is 6.54 Å². The molecule has 1 aliphatic rings.